The van der Waals surface area contributed by atoms with Crippen LogP contribution in [0.5, 0.6) is 0 Å². The highest BCUT2D eigenvalue weighted by Gasteiger charge is 2.19. The monoisotopic (exact) mass is 463 g/mol. The van der Waals surface area contributed by atoms with Gasteiger partial charge < -0.3 is 5.32 Å². The number of aromatic nitrogens is 1. The Balaban J connectivity index is 1.48. The number of hydrogen-bond donors (Lipinski definition) is 2. The SMILES string of the molecule is Cc1ccc(C(=O)Nc2nc(-c3ccccc3)c(NC(=O)c3cccc4ccccc34)s2)cc1. The van der Waals surface area contributed by atoms with E-state index in [1.807, 2.05) is 85.8 Å². The van der Waals surface area contributed by atoms with Crippen LogP contribution in [0.2, 0.25) is 0 Å². The average Bonchev–Trinajstić information content (AvgIpc) is 3.26. The van der Waals surface area contributed by atoms with Gasteiger partial charge in [-0.2, -0.15) is 0 Å². The third-order valence-corrected chi connectivity index (χ3v) is 6.36. The van der Waals surface area contributed by atoms with Gasteiger partial charge in [0.2, 0.25) is 0 Å². The first-order valence-corrected chi connectivity index (χ1v) is 11.6. The quantitative estimate of drug-likeness (QED) is 0.302. The van der Waals surface area contributed by atoms with E-state index in [1.54, 1.807) is 18.2 Å². The summed E-state index contributed by atoms with van der Waals surface area (Å²) in [6.07, 6.45) is 0. The van der Waals surface area contributed by atoms with Crippen molar-refractivity contribution in [3.05, 3.63) is 114 Å². The van der Waals surface area contributed by atoms with Crippen LogP contribution < -0.4 is 10.6 Å². The largest absolute Gasteiger partial charge is 0.312 e. The lowest BCUT2D eigenvalue weighted by Gasteiger charge is -2.08. The number of anilines is 2. The van der Waals surface area contributed by atoms with Crippen LogP contribution in [0.15, 0.2) is 97.1 Å². The molecule has 34 heavy (non-hydrogen) atoms. The second-order valence-electron chi connectivity index (χ2n) is 7.86. The second-order valence-corrected chi connectivity index (χ2v) is 8.86. The van der Waals surface area contributed by atoms with E-state index in [9.17, 15) is 9.59 Å². The van der Waals surface area contributed by atoms with Crippen LogP contribution in [0.1, 0.15) is 26.3 Å². The van der Waals surface area contributed by atoms with Crippen molar-refractivity contribution in [2.24, 2.45) is 0 Å². The molecule has 4 aromatic carbocycles. The lowest BCUT2D eigenvalue weighted by atomic mass is 10.0. The number of fused-ring (bicyclic) bond motifs is 1. The molecule has 5 nitrogen and oxygen atoms in total. The maximum absolute atomic E-state index is 13.3. The molecular formula is C28H21N3O2S. The Morgan fingerprint density at radius 2 is 1.44 bits per heavy atom. The van der Waals surface area contributed by atoms with E-state index in [-0.39, 0.29) is 11.8 Å². The lowest BCUT2D eigenvalue weighted by molar-refractivity contribution is 0.101. The molecule has 0 aliphatic carbocycles. The van der Waals surface area contributed by atoms with Crippen molar-refractivity contribution in [3.63, 3.8) is 0 Å². The van der Waals surface area contributed by atoms with Gasteiger partial charge in [0.1, 0.15) is 10.7 Å². The van der Waals surface area contributed by atoms with E-state index in [2.05, 4.69) is 15.6 Å². The molecule has 6 heteroatoms. The van der Waals surface area contributed by atoms with Crippen LogP contribution in [-0.4, -0.2) is 16.8 Å². The molecular weight excluding hydrogens is 442 g/mol. The molecule has 0 aliphatic heterocycles. The number of amides is 2. The van der Waals surface area contributed by atoms with Gasteiger partial charge in [-0.05, 0) is 35.9 Å². The lowest BCUT2D eigenvalue weighted by Crippen LogP contribution is -2.12. The van der Waals surface area contributed by atoms with Gasteiger partial charge in [0.15, 0.2) is 5.13 Å². The summed E-state index contributed by atoms with van der Waals surface area (Å²) in [5.74, 6) is -0.477. The van der Waals surface area contributed by atoms with Gasteiger partial charge in [-0.25, -0.2) is 4.98 Å². The number of hydrogen-bond acceptors (Lipinski definition) is 4. The maximum Gasteiger partial charge on any atom is 0.257 e. The zero-order valence-electron chi connectivity index (χ0n) is 18.4. The first-order chi connectivity index (χ1) is 16.6. The summed E-state index contributed by atoms with van der Waals surface area (Å²) in [5.41, 5.74) is 3.66. The molecule has 0 saturated heterocycles. The molecule has 0 fully saturated rings. The third-order valence-electron chi connectivity index (χ3n) is 5.47. The first kappa shape index (κ1) is 21.6. The Morgan fingerprint density at radius 3 is 2.24 bits per heavy atom. The van der Waals surface area contributed by atoms with E-state index in [0.717, 1.165) is 21.9 Å². The van der Waals surface area contributed by atoms with Crippen molar-refractivity contribution < 1.29 is 9.59 Å². The number of carbonyl (C=O) groups excluding carboxylic acids is 2. The van der Waals surface area contributed by atoms with Gasteiger partial charge in [-0.3, -0.25) is 14.9 Å². The minimum Gasteiger partial charge on any atom is -0.312 e. The summed E-state index contributed by atoms with van der Waals surface area (Å²) in [7, 11) is 0. The molecule has 0 saturated carbocycles. The Labute approximate surface area is 201 Å². The van der Waals surface area contributed by atoms with Crippen molar-refractivity contribution in [2.75, 3.05) is 10.6 Å². The summed E-state index contributed by atoms with van der Waals surface area (Å²) >= 11 is 1.23. The van der Waals surface area contributed by atoms with E-state index in [4.69, 9.17) is 0 Å². The van der Waals surface area contributed by atoms with Crippen LogP contribution in [0.3, 0.4) is 0 Å². The average molecular weight is 464 g/mol. The van der Waals surface area contributed by atoms with E-state index in [1.165, 1.54) is 11.3 Å². The highest BCUT2D eigenvalue weighted by molar-refractivity contribution is 7.20. The smallest absolute Gasteiger partial charge is 0.257 e. The molecule has 5 aromatic rings. The number of rotatable bonds is 5. The van der Waals surface area contributed by atoms with Crippen LogP contribution in [0.4, 0.5) is 10.1 Å². The van der Waals surface area contributed by atoms with Gasteiger partial charge in [0, 0.05) is 16.7 Å². The van der Waals surface area contributed by atoms with Crippen LogP contribution >= 0.6 is 11.3 Å². The number of nitrogens with zero attached hydrogens (tertiary/aromatic N) is 1. The molecule has 166 valence electrons. The molecule has 0 aliphatic rings. The van der Waals surface area contributed by atoms with Crippen LogP contribution in [0.25, 0.3) is 22.0 Å². The maximum atomic E-state index is 13.3. The van der Waals surface area contributed by atoms with Crippen molar-refractivity contribution >= 4 is 44.1 Å². The van der Waals surface area contributed by atoms with Gasteiger partial charge in [-0.1, -0.05) is 95.8 Å². The minimum absolute atomic E-state index is 0.228. The normalized spacial score (nSPS) is 10.7. The van der Waals surface area contributed by atoms with Crippen LogP contribution in [-0.2, 0) is 0 Å². The fourth-order valence-electron chi connectivity index (χ4n) is 3.72. The Bertz CT molecular complexity index is 1490. The molecule has 0 unspecified atom stereocenters. The molecule has 0 bridgehead atoms. The number of carbonyl (C=O) groups is 2. The summed E-state index contributed by atoms with van der Waals surface area (Å²) in [4.78, 5) is 30.7. The first-order valence-electron chi connectivity index (χ1n) is 10.8. The standard InChI is InChI=1S/C28H21N3O2S/c1-18-14-16-21(17-15-18)25(32)31-28-29-24(20-9-3-2-4-10-20)27(34-28)30-26(33)23-13-7-11-19-8-5-6-12-22(19)23/h2-17H,1H3,(H,30,33)(H,29,31,32). The van der Waals surface area contributed by atoms with E-state index in [0.29, 0.717) is 27.0 Å². The molecule has 5 rings (SSSR count). The number of aryl methyl sites for hydroxylation is 1. The molecule has 2 amide bonds. The fourth-order valence-corrected chi connectivity index (χ4v) is 4.60. The molecule has 0 spiro atoms. The Kier molecular flexibility index (Phi) is 5.89. The van der Waals surface area contributed by atoms with E-state index >= 15 is 0 Å². The third kappa shape index (κ3) is 4.44. The second kappa shape index (κ2) is 9.29. The molecule has 0 radical (unpaired) electrons. The Morgan fingerprint density at radius 1 is 0.735 bits per heavy atom. The molecule has 2 N–H and O–H groups in total. The van der Waals surface area contributed by atoms with Gasteiger partial charge in [0.05, 0.1) is 0 Å². The molecule has 1 heterocycles. The highest BCUT2D eigenvalue weighted by atomic mass is 32.1. The number of benzene rings is 4. The van der Waals surface area contributed by atoms with Crippen molar-refractivity contribution in [3.8, 4) is 11.3 Å². The fraction of sp³-hybridized carbons (Fsp3) is 0.0357. The molecule has 0 atom stereocenters. The predicted octanol–water partition coefficient (Wildman–Crippen LogP) is 6.78. The predicted molar refractivity (Wildman–Crippen MR) is 139 cm³/mol. The summed E-state index contributed by atoms with van der Waals surface area (Å²) in [5, 5.41) is 8.75. The number of nitrogens with one attached hydrogen (secondary N) is 2. The van der Waals surface area contributed by atoms with Gasteiger partial charge >= 0.3 is 0 Å². The van der Waals surface area contributed by atoms with Gasteiger partial charge in [0.25, 0.3) is 11.8 Å². The summed E-state index contributed by atoms with van der Waals surface area (Å²) in [6.45, 7) is 1.97. The summed E-state index contributed by atoms with van der Waals surface area (Å²) in [6, 6.07) is 30.4. The highest BCUT2D eigenvalue weighted by Crippen LogP contribution is 2.36. The van der Waals surface area contributed by atoms with E-state index < -0.39 is 0 Å². The topological polar surface area (TPSA) is 71.1 Å². The Hall–Kier alpha value is -4.29. The summed E-state index contributed by atoms with van der Waals surface area (Å²) < 4.78 is 0. The zero-order chi connectivity index (χ0) is 23.5. The van der Waals surface area contributed by atoms with Crippen LogP contribution in [0, 0.1) is 6.92 Å². The van der Waals surface area contributed by atoms with Crippen molar-refractivity contribution in [1.82, 2.24) is 4.98 Å². The molecule has 1 aromatic heterocycles. The minimum atomic E-state index is -0.250. The van der Waals surface area contributed by atoms with Crippen molar-refractivity contribution in [2.45, 2.75) is 6.92 Å². The van der Waals surface area contributed by atoms with Gasteiger partial charge in [-0.15, -0.1) is 0 Å². The van der Waals surface area contributed by atoms with Crippen molar-refractivity contribution in [1.29, 1.82) is 0 Å². The zero-order valence-corrected chi connectivity index (χ0v) is 19.2. The number of thiazole rings is 1.